The minimum absolute atomic E-state index is 0.813. The third-order valence-electron chi connectivity index (χ3n) is 1.99. The van der Waals surface area contributed by atoms with E-state index in [-0.39, 0.29) is 0 Å². The topological polar surface area (TPSA) is 26.3 Å². The van der Waals surface area contributed by atoms with Crippen LogP contribution >= 0.6 is 7.37 Å². The second-order valence-electron chi connectivity index (χ2n) is 2.65. The van der Waals surface area contributed by atoms with E-state index in [1.807, 2.05) is 30.3 Å². The van der Waals surface area contributed by atoms with Gasteiger partial charge in [-0.15, -0.1) is 0 Å². The summed E-state index contributed by atoms with van der Waals surface area (Å²) in [6.45, 7) is 0. The van der Waals surface area contributed by atoms with Crippen molar-refractivity contribution in [2.24, 2.45) is 0 Å². The van der Waals surface area contributed by atoms with Gasteiger partial charge in [-0.1, -0.05) is 18.2 Å². The summed E-state index contributed by atoms with van der Waals surface area (Å²) in [4.78, 5) is 0. The Bertz CT molecular complexity index is 382. The van der Waals surface area contributed by atoms with Crippen LogP contribution in [0, 0.1) is 0 Å². The van der Waals surface area contributed by atoms with E-state index in [0.29, 0.717) is 0 Å². The van der Waals surface area contributed by atoms with Gasteiger partial charge < -0.3 is 4.52 Å². The summed E-state index contributed by atoms with van der Waals surface area (Å²) in [5, 5.41) is 0.813. The molecule has 1 heterocycles. The van der Waals surface area contributed by atoms with E-state index in [1.54, 1.807) is 5.82 Å². The molecule has 0 spiro atoms. The lowest BCUT2D eigenvalue weighted by Crippen LogP contribution is -2.03. The molecule has 0 amide bonds. The van der Waals surface area contributed by atoms with Crippen molar-refractivity contribution >= 4 is 18.7 Å². The molecule has 0 saturated carbocycles. The molecule has 1 unspecified atom stereocenters. The molecule has 1 aliphatic rings. The van der Waals surface area contributed by atoms with E-state index in [4.69, 9.17) is 4.52 Å². The van der Waals surface area contributed by atoms with Gasteiger partial charge in [-0.05, 0) is 17.7 Å². The predicted octanol–water partition coefficient (Wildman–Crippen LogP) is 2.22. The number of hydrogen-bond acceptors (Lipinski definition) is 2. The highest BCUT2D eigenvalue weighted by atomic mass is 31.2. The molecule has 2 nitrogen and oxygen atoms in total. The van der Waals surface area contributed by atoms with Crippen LogP contribution in [0.5, 0.6) is 0 Å². The van der Waals surface area contributed by atoms with Crippen molar-refractivity contribution in [2.75, 3.05) is 7.11 Å². The fraction of sp³-hybridized carbons (Fsp3) is 0.111. The van der Waals surface area contributed by atoms with E-state index in [9.17, 15) is 4.57 Å². The van der Waals surface area contributed by atoms with Crippen LogP contribution < -0.4 is 5.30 Å². The van der Waals surface area contributed by atoms with E-state index in [1.165, 1.54) is 7.11 Å². The summed E-state index contributed by atoms with van der Waals surface area (Å²) in [6, 6.07) is 7.58. The number of rotatable bonds is 1. The molecule has 1 aromatic carbocycles. The lowest BCUT2D eigenvalue weighted by atomic mass is 10.2. The van der Waals surface area contributed by atoms with E-state index >= 15 is 0 Å². The Labute approximate surface area is 71.3 Å². The van der Waals surface area contributed by atoms with Crippen molar-refractivity contribution < 1.29 is 9.09 Å². The summed E-state index contributed by atoms with van der Waals surface area (Å²) in [5.41, 5.74) is 1.00. The third kappa shape index (κ3) is 0.961. The summed E-state index contributed by atoms with van der Waals surface area (Å²) in [7, 11) is -1.14. The quantitative estimate of drug-likeness (QED) is 0.619. The second kappa shape index (κ2) is 2.58. The van der Waals surface area contributed by atoms with Gasteiger partial charge in [0.15, 0.2) is 0 Å². The maximum atomic E-state index is 11.9. The average molecular weight is 180 g/mol. The zero-order valence-electron chi connectivity index (χ0n) is 6.73. The minimum Gasteiger partial charge on any atom is -0.326 e. The van der Waals surface area contributed by atoms with Gasteiger partial charge in [0, 0.05) is 18.2 Å². The van der Waals surface area contributed by atoms with Crippen molar-refractivity contribution in [3.8, 4) is 0 Å². The molecule has 1 atom stereocenters. The Kier molecular flexibility index (Phi) is 1.67. The maximum absolute atomic E-state index is 11.9. The van der Waals surface area contributed by atoms with Gasteiger partial charge in [0.1, 0.15) is 0 Å². The molecule has 62 valence electrons. The van der Waals surface area contributed by atoms with Gasteiger partial charge in [-0.2, -0.15) is 0 Å². The van der Waals surface area contributed by atoms with Crippen LogP contribution in [-0.4, -0.2) is 7.11 Å². The number of fused-ring (bicyclic) bond motifs is 1. The standard InChI is InChI=1S/C9H9O2P/c1-11-12(10)7-6-8-4-2-3-5-9(8)12/h2-7H,1H3. The summed E-state index contributed by atoms with van der Waals surface area (Å²) >= 11 is 0. The first-order valence-corrected chi connectivity index (χ1v) is 5.40. The molecule has 0 aliphatic carbocycles. The molecule has 1 aliphatic heterocycles. The molecule has 12 heavy (non-hydrogen) atoms. The Balaban J connectivity index is 2.64. The highest BCUT2D eigenvalue weighted by molar-refractivity contribution is 7.70. The fourth-order valence-electron chi connectivity index (χ4n) is 1.33. The summed E-state index contributed by atoms with van der Waals surface area (Å²) < 4.78 is 16.9. The van der Waals surface area contributed by atoms with Gasteiger partial charge in [-0.25, -0.2) is 0 Å². The van der Waals surface area contributed by atoms with Crippen LogP contribution in [-0.2, 0) is 9.09 Å². The first kappa shape index (κ1) is 7.78. The third-order valence-corrected chi connectivity index (χ3v) is 4.16. The summed E-state index contributed by atoms with van der Waals surface area (Å²) in [5.74, 6) is 1.65. The highest BCUT2D eigenvalue weighted by Gasteiger charge is 2.27. The Morgan fingerprint density at radius 3 is 2.83 bits per heavy atom. The predicted molar refractivity (Wildman–Crippen MR) is 49.7 cm³/mol. The first-order valence-electron chi connectivity index (χ1n) is 3.70. The lowest BCUT2D eigenvalue weighted by Gasteiger charge is -2.08. The summed E-state index contributed by atoms with van der Waals surface area (Å²) in [6.07, 6.45) is 1.85. The van der Waals surface area contributed by atoms with Crippen molar-refractivity contribution in [1.82, 2.24) is 0 Å². The SMILES string of the molecule is COP1(=O)C=Cc2ccccc21. The number of hydrogen-bond donors (Lipinski definition) is 0. The van der Waals surface area contributed by atoms with Crippen LogP contribution in [0.2, 0.25) is 0 Å². The van der Waals surface area contributed by atoms with Crippen molar-refractivity contribution in [2.45, 2.75) is 0 Å². The van der Waals surface area contributed by atoms with E-state index in [0.717, 1.165) is 10.9 Å². The molecule has 0 fully saturated rings. The van der Waals surface area contributed by atoms with Crippen LogP contribution in [0.4, 0.5) is 0 Å². The molecule has 0 N–H and O–H groups in total. The molecule has 3 heteroatoms. The zero-order valence-corrected chi connectivity index (χ0v) is 7.62. The molecule has 0 aromatic heterocycles. The van der Waals surface area contributed by atoms with Gasteiger partial charge >= 0.3 is 0 Å². The average Bonchev–Trinajstić information content (AvgIpc) is 2.46. The van der Waals surface area contributed by atoms with Crippen LogP contribution in [0.3, 0.4) is 0 Å². The Morgan fingerprint density at radius 2 is 2.08 bits per heavy atom. The van der Waals surface area contributed by atoms with Gasteiger partial charge in [0.2, 0.25) is 0 Å². The minimum atomic E-state index is -2.62. The molecule has 1 aromatic rings. The second-order valence-corrected chi connectivity index (χ2v) is 4.99. The fourth-order valence-corrected chi connectivity index (χ4v) is 2.97. The van der Waals surface area contributed by atoms with Crippen LogP contribution in [0.1, 0.15) is 5.56 Å². The highest BCUT2D eigenvalue weighted by Crippen LogP contribution is 2.51. The molecular formula is C9H9O2P. The zero-order chi connectivity index (χ0) is 8.60. The molecule has 0 bridgehead atoms. The Hall–Kier alpha value is -0.850. The molecule has 2 rings (SSSR count). The van der Waals surface area contributed by atoms with Gasteiger partial charge in [0.25, 0.3) is 7.37 Å². The molecule has 0 saturated heterocycles. The number of benzene rings is 1. The van der Waals surface area contributed by atoms with Gasteiger partial charge in [-0.3, -0.25) is 4.57 Å². The molecule has 0 radical (unpaired) electrons. The van der Waals surface area contributed by atoms with E-state index < -0.39 is 7.37 Å². The monoisotopic (exact) mass is 180 g/mol. The Morgan fingerprint density at radius 1 is 1.33 bits per heavy atom. The maximum Gasteiger partial charge on any atom is 0.254 e. The molecular weight excluding hydrogens is 171 g/mol. The van der Waals surface area contributed by atoms with Gasteiger partial charge in [0.05, 0.1) is 0 Å². The van der Waals surface area contributed by atoms with Crippen molar-refractivity contribution in [3.05, 3.63) is 35.6 Å². The van der Waals surface area contributed by atoms with Crippen molar-refractivity contribution in [1.29, 1.82) is 0 Å². The first-order chi connectivity index (χ1) is 5.76. The van der Waals surface area contributed by atoms with Crippen molar-refractivity contribution in [3.63, 3.8) is 0 Å². The lowest BCUT2D eigenvalue weighted by molar-refractivity contribution is 0.412. The largest absolute Gasteiger partial charge is 0.326 e. The van der Waals surface area contributed by atoms with Crippen LogP contribution in [0.25, 0.3) is 6.08 Å². The van der Waals surface area contributed by atoms with E-state index in [2.05, 4.69) is 0 Å². The van der Waals surface area contributed by atoms with Crippen LogP contribution in [0.15, 0.2) is 30.1 Å². The smallest absolute Gasteiger partial charge is 0.254 e. The normalized spacial score (nSPS) is 25.8.